The van der Waals surface area contributed by atoms with E-state index < -0.39 is 0 Å². The number of carbonyl (C=O) groups excluding carboxylic acids is 1. The Kier molecular flexibility index (Phi) is 5.66. The third kappa shape index (κ3) is 4.15. The first-order valence-electron chi connectivity index (χ1n) is 5.41. The van der Waals surface area contributed by atoms with Crippen molar-refractivity contribution in [2.75, 3.05) is 11.1 Å². The van der Waals surface area contributed by atoms with Crippen LogP contribution < -0.4 is 11.1 Å². The molecule has 0 saturated heterocycles. The number of benzene rings is 2. The summed E-state index contributed by atoms with van der Waals surface area (Å²) in [5.41, 5.74) is 5.97. The fourth-order valence-corrected chi connectivity index (χ4v) is 2.02. The van der Waals surface area contributed by atoms with Crippen molar-refractivity contribution in [3.63, 3.8) is 0 Å². The number of halogens is 1. The predicted molar refractivity (Wildman–Crippen MR) is 84.2 cm³/mol. The molecule has 0 bridgehead atoms. The van der Waals surface area contributed by atoms with Crippen molar-refractivity contribution in [3.05, 3.63) is 42.5 Å². The van der Waals surface area contributed by atoms with Gasteiger partial charge in [0.05, 0.1) is 5.75 Å². The molecule has 0 aliphatic carbocycles. The molecule has 2 aromatic carbocycles. The van der Waals surface area contributed by atoms with E-state index >= 15 is 0 Å². The molecule has 0 aliphatic rings. The first-order valence-corrected chi connectivity index (χ1v) is 6.40. The Bertz CT molecular complexity index is 598. The molecule has 0 atom stereocenters. The minimum absolute atomic E-state index is 0. The molecular weight excluding hydrogens is 282 g/mol. The summed E-state index contributed by atoms with van der Waals surface area (Å²) in [6.07, 6.45) is 0. The molecule has 4 N–H and O–H groups in total. The number of fused-ring (bicyclic) bond motifs is 1. The van der Waals surface area contributed by atoms with E-state index in [1.54, 1.807) is 0 Å². The fourth-order valence-electron chi connectivity index (χ4n) is 1.66. The van der Waals surface area contributed by atoms with Crippen LogP contribution in [0, 0.1) is 5.41 Å². The lowest BCUT2D eigenvalue weighted by atomic mass is 10.1. The molecule has 6 heteroatoms. The second-order valence-electron chi connectivity index (χ2n) is 3.73. The quantitative estimate of drug-likeness (QED) is 0.602. The van der Waals surface area contributed by atoms with Crippen LogP contribution in [-0.2, 0) is 4.79 Å². The first kappa shape index (κ1) is 15.3. The number of nitrogens with two attached hydrogens (primary N) is 1. The maximum atomic E-state index is 11.7. The first-order chi connectivity index (χ1) is 8.66. The summed E-state index contributed by atoms with van der Waals surface area (Å²) in [5.74, 6) is -0.00926. The Balaban J connectivity index is 0.00000180. The number of amidine groups is 1. The summed E-state index contributed by atoms with van der Waals surface area (Å²) in [4.78, 5) is 11.7. The molecule has 0 aliphatic heterocycles. The van der Waals surface area contributed by atoms with Crippen molar-refractivity contribution in [2.45, 2.75) is 0 Å². The lowest BCUT2D eigenvalue weighted by molar-refractivity contribution is -0.113. The van der Waals surface area contributed by atoms with Gasteiger partial charge >= 0.3 is 0 Å². The second-order valence-corrected chi connectivity index (χ2v) is 4.74. The van der Waals surface area contributed by atoms with E-state index in [0.29, 0.717) is 0 Å². The number of amides is 1. The Morgan fingerprint density at radius 2 is 1.89 bits per heavy atom. The third-order valence-corrected chi connectivity index (χ3v) is 3.14. The average molecular weight is 296 g/mol. The highest BCUT2D eigenvalue weighted by Crippen LogP contribution is 2.22. The molecule has 19 heavy (non-hydrogen) atoms. The van der Waals surface area contributed by atoms with Gasteiger partial charge in [0.2, 0.25) is 5.91 Å². The monoisotopic (exact) mass is 295 g/mol. The zero-order chi connectivity index (χ0) is 13.0. The number of thioether (sulfide) groups is 1. The van der Waals surface area contributed by atoms with Gasteiger partial charge in [0.25, 0.3) is 0 Å². The largest absolute Gasteiger partial charge is 0.379 e. The van der Waals surface area contributed by atoms with Crippen molar-refractivity contribution in [3.8, 4) is 0 Å². The van der Waals surface area contributed by atoms with Crippen LogP contribution in [0.25, 0.3) is 10.8 Å². The molecule has 0 saturated carbocycles. The maximum absolute atomic E-state index is 11.7. The number of anilines is 1. The van der Waals surface area contributed by atoms with Crippen LogP contribution >= 0.6 is 24.2 Å². The number of rotatable bonds is 3. The van der Waals surface area contributed by atoms with Gasteiger partial charge in [-0.05, 0) is 11.5 Å². The summed E-state index contributed by atoms with van der Waals surface area (Å²) in [6.45, 7) is 0. The normalized spacial score (nSPS) is 9.68. The maximum Gasteiger partial charge on any atom is 0.234 e. The lowest BCUT2D eigenvalue weighted by Crippen LogP contribution is -2.17. The molecule has 0 radical (unpaired) electrons. The average Bonchev–Trinajstić information content (AvgIpc) is 2.37. The van der Waals surface area contributed by atoms with Crippen molar-refractivity contribution < 1.29 is 4.79 Å². The standard InChI is InChI=1S/C13H13N3OS.ClH/c14-13(15)18-8-12(17)16-11-7-3-5-9-4-1-2-6-10(9)11;/h1-7H,8H2,(H3,14,15)(H,16,17);1H. The van der Waals surface area contributed by atoms with Gasteiger partial charge in [-0.1, -0.05) is 48.2 Å². The van der Waals surface area contributed by atoms with E-state index in [1.807, 2.05) is 42.5 Å². The van der Waals surface area contributed by atoms with Gasteiger partial charge in [0.1, 0.15) is 0 Å². The summed E-state index contributed by atoms with van der Waals surface area (Å²) < 4.78 is 0. The Hall–Kier alpha value is -1.72. The highest BCUT2D eigenvalue weighted by molar-refractivity contribution is 8.14. The van der Waals surface area contributed by atoms with Gasteiger partial charge in [0.15, 0.2) is 5.17 Å². The van der Waals surface area contributed by atoms with Crippen molar-refractivity contribution in [1.29, 1.82) is 5.41 Å². The SMILES string of the molecule is Cl.N=C(N)SCC(=O)Nc1cccc2ccccc12. The molecule has 0 unspecified atom stereocenters. The van der Waals surface area contributed by atoms with Crippen LogP contribution in [0.3, 0.4) is 0 Å². The molecule has 2 rings (SSSR count). The number of hydrogen-bond donors (Lipinski definition) is 3. The van der Waals surface area contributed by atoms with Crippen LogP contribution in [0.15, 0.2) is 42.5 Å². The van der Waals surface area contributed by atoms with E-state index in [0.717, 1.165) is 28.2 Å². The summed E-state index contributed by atoms with van der Waals surface area (Å²) in [6, 6.07) is 13.6. The van der Waals surface area contributed by atoms with Gasteiger partial charge in [-0.3, -0.25) is 10.2 Å². The van der Waals surface area contributed by atoms with Gasteiger partial charge in [-0.25, -0.2) is 0 Å². The Morgan fingerprint density at radius 3 is 2.63 bits per heavy atom. The van der Waals surface area contributed by atoms with E-state index in [-0.39, 0.29) is 29.2 Å². The Labute approximate surface area is 121 Å². The Morgan fingerprint density at radius 1 is 1.21 bits per heavy atom. The minimum atomic E-state index is -0.161. The van der Waals surface area contributed by atoms with E-state index in [2.05, 4.69) is 5.32 Å². The van der Waals surface area contributed by atoms with Crippen molar-refractivity contribution in [1.82, 2.24) is 0 Å². The summed E-state index contributed by atoms with van der Waals surface area (Å²) >= 11 is 1.01. The van der Waals surface area contributed by atoms with Crippen molar-refractivity contribution in [2.24, 2.45) is 5.73 Å². The van der Waals surface area contributed by atoms with Gasteiger partial charge in [-0.2, -0.15) is 0 Å². The van der Waals surface area contributed by atoms with Crippen molar-refractivity contribution >= 4 is 51.7 Å². The molecule has 0 heterocycles. The minimum Gasteiger partial charge on any atom is -0.379 e. The van der Waals surface area contributed by atoms with E-state index in [1.165, 1.54) is 0 Å². The highest BCUT2D eigenvalue weighted by Gasteiger charge is 2.06. The fraction of sp³-hybridized carbons (Fsp3) is 0.0769. The number of hydrogen-bond acceptors (Lipinski definition) is 3. The van der Waals surface area contributed by atoms with Crippen LogP contribution in [-0.4, -0.2) is 16.8 Å². The van der Waals surface area contributed by atoms with E-state index in [9.17, 15) is 4.79 Å². The van der Waals surface area contributed by atoms with Crippen LogP contribution in [0.4, 0.5) is 5.69 Å². The van der Waals surface area contributed by atoms with Gasteiger partial charge in [-0.15, -0.1) is 12.4 Å². The van der Waals surface area contributed by atoms with Gasteiger partial charge in [0, 0.05) is 11.1 Å². The molecule has 1 amide bonds. The van der Waals surface area contributed by atoms with Gasteiger partial charge < -0.3 is 11.1 Å². The predicted octanol–water partition coefficient (Wildman–Crippen LogP) is 2.83. The molecule has 100 valence electrons. The highest BCUT2D eigenvalue weighted by atomic mass is 35.5. The summed E-state index contributed by atoms with van der Waals surface area (Å²) in [5, 5.41) is 11.9. The smallest absolute Gasteiger partial charge is 0.234 e. The molecule has 0 fully saturated rings. The van der Waals surface area contributed by atoms with Crippen LogP contribution in [0.5, 0.6) is 0 Å². The molecule has 0 spiro atoms. The molecule has 2 aromatic rings. The van der Waals surface area contributed by atoms with Crippen LogP contribution in [0.1, 0.15) is 0 Å². The number of carbonyl (C=O) groups is 1. The molecule has 0 aromatic heterocycles. The topological polar surface area (TPSA) is 79.0 Å². The molecular formula is C13H14ClN3OS. The third-order valence-electron chi connectivity index (χ3n) is 2.42. The molecule has 4 nitrogen and oxygen atoms in total. The summed E-state index contributed by atoms with van der Waals surface area (Å²) in [7, 11) is 0. The number of nitrogens with one attached hydrogen (secondary N) is 2. The lowest BCUT2D eigenvalue weighted by Gasteiger charge is -2.08. The zero-order valence-electron chi connectivity index (χ0n) is 10.1. The van der Waals surface area contributed by atoms with Crippen LogP contribution in [0.2, 0.25) is 0 Å². The van der Waals surface area contributed by atoms with E-state index in [4.69, 9.17) is 11.1 Å². The second kappa shape index (κ2) is 7.01. The zero-order valence-corrected chi connectivity index (χ0v) is 11.7.